The fraction of sp³-hybridized carbons (Fsp3) is 0.400. The van der Waals surface area contributed by atoms with Crippen LogP contribution in [-0.4, -0.2) is 40.4 Å². The van der Waals surface area contributed by atoms with Crippen molar-refractivity contribution in [2.45, 2.75) is 31.7 Å². The third-order valence-corrected chi connectivity index (χ3v) is 4.57. The lowest BCUT2D eigenvalue weighted by Gasteiger charge is -2.17. The van der Waals surface area contributed by atoms with Gasteiger partial charge in [0.05, 0.1) is 12.5 Å². The van der Waals surface area contributed by atoms with E-state index in [0.717, 1.165) is 24.9 Å². The second-order valence-corrected chi connectivity index (χ2v) is 6.76. The number of amides is 2. The van der Waals surface area contributed by atoms with Crippen molar-refractivity contribution in [2.24, 2.45) is 7.05 Å². The molecule has 1 aromatic heterocycles. The minimum Gasteiger partial charge on any atom is -0.357 e. The van der Waals surface area contributed by atoms with Crippen LogP contribution in [0.5, 0.6) is 0 Å². The highest BCUT2D eigenvalue weighted by molar-refractivity contribution is 5.83. The summed E-state index contributed by atoms with van der Waals surface area (Å²) in [5.41, 5.74) is 2.28. The Bertz CT molecular complexity index is 724. The van der Waals surface area contributed by atoms with Gasteiger partial charge in [0.15, 0.2) is 0 Å². The van der Waals surface area contributed by atoms with Crippen LogP contribution in [0.25, 0.3) is 0 Å². The molecule has 0 saturated carbocycles. The summed E-state index contributed by atoms with van der Waals surface area (Å²) in [6.45, 7) is 1.37. The molecular weight excluding hydrogens is 314 g/mol. The van der Waals surface area contributed by atoms with E-state index in [2.05, 4.69) is 17.4 Å². The van der Waals surface area contributed by atoms with Gasteiger partial charge in [-0.2, -0.15) is 0 Å². The summed E-state index contributed by atoms with van der Waals surface area (Å²) in [7, 11) is 1.93. The molecule has 1 saturated heterocycles. The lowest BCUT2D eigenvalue weighted by Crippen LogP contribution is -2.38. The van der Waals surface area contributed by atoms with Crippen LogP contribution in [0.3, 0.4) is 0 Å². The molecule has 0 spiro atoms. The van der Waals surface area contributed by atoms with Gasteiger partial charge in [-0.25, -0.2) is 0 Å². The Morgan fingerprint density at radius 2 is 2.00 bits per heavy atom. The molecule has 3 rings (SSSR count). The Morgan fingerprint density at radius 3 is 2.72 bits per heavy atom. The van der Waals surface area contributed by atoms with E-state index in [-0.39, 0.29) is 17.9 Å². The van der Waals surface area contributed by atoms with Crippen LogP contribution >= 0.6 is 0 Å². The van der Waals surface area contributed by atoms with Crippen molar-refractivity contribution in [1.82, 2.24) is 14.8 Å². The van der Waals surface area contributed by atoms with Gasteiger partial charge in [-0.1, -0.05) is 30.3 Å². The highest BCUT2D eigenvalue weighted by atomic mass is 16.2. The molecule has 1 aromatic carbocycles. The summed E-state index contributed by atoms with van der Waals surface area (Å²) in [5, 5.41) is 2.99. The molecule has 2 heterocycles. The fourth-order valence-corrected chi connectivity index (χ4v) is 3.33. The van der Waals surface area contributed by atoms with E-state index in [9.17, 15) is 9.59 Å². The minimum atomic E-state index is -0.0690. The van der Waals surface area contributed by atoms with E-state index in [1.54, 1.807) is 0 Å². The Morgan fingerprint density at radius 1 is 1.20 bits per heavy atom. The third-order valence-electron chi connectivity index (χ3n) is 4.57. The molecule has 1 unspecified atom stereocenters. The number of rotatable bonds is 7. The molecule has 1 N–H and O–H groups in total. The van der Waals surface area contributed by atoms with Crippen molar-refractivity contribution in [2.75, 3.05) is 13.1 Å². The van der Waals surface area contributed by atoms with Gasteiger partial charge in [0.25, 0.3) is 0 Å². The first-order chi connectivity index (χ1) is 12.1. The largest absolute Gasteiger partial charge is 0.357 e. The fourth-order valence-electron chi connectivity index (χ4n) is 3.33. The quantitative estimate of drug-likeness (QED) is 0.838. The van der Waals surface area contributed by atoms with Gasteiger partial charge in [-0.3, -0.25) is 9.59 Å². The number of aryl methyl sites for hydroxylation is 2. The number of aromatic nitrogens is 1. The van der Waals surface area contributed by atoms with Gasteiger partial charge in [-0.15, -0.1) is 0 Å². The monoisotopic (exact) mass is 339 g/mol. The van der Waals surface area contributed by atoms with Crippen molar-refractivity contribution in [3.05, 3.63) is 59.9 Å². The number of carbonyl (C=O) groups is 2. The maximum atomic E-state index is 12.1. The molecule has 0 radical (unpaired) electrons. The minimum absolute atomic E-state index is 0.0184. The molecule has 1 fully saturated rings. The Hall–Kier alpha value is -2.56. The van der Waals surface area contributed by atoms with Gasteiger partial charge in [0, 0.05) is 39.0 Å². The van der Waals surface area contributed by atoms with Crippen LogP contribution in [0.2, 0.25) is 0 Å². The third kappa shape index (κ3) is 4.95. The summed E-state index contributed by atoms with van der Waals surface area (Å²) in [5.74, 6) is 0.119. The number of benzene rings is 1. The summed E-state index contributed by atoms with van der Waals surface area (Å²) in [6, 6.07) is 12.2. The summed E-state index contributed by atoms with van der Waals surface area (Å²) in [4.78, 5) is 26.2. The first-order valence-electron chi connectivity index (χ1n) is 8.82. The van der Waals surface area contributed by atoms with Gasteiger partial charge in [0.2, 0.25) is 11.8 Å². The topological polar surface area (TPSA) is 54.3 Å². The first kappa shape index (κ1) is 17.3. The van der Waals surface area contributed by atoms with Crippen LogP contribution in [-0.2, 0) is 29.5 Å². The standard InChI is InChI=1S/C20H25N3O2/c1-22-11-9-17(14-22)12-19(24)21-18-13-20(25)23(15-18)10-5-8-16-6-3-2-4-7-16/h2-4,6-7,9,11,14,18H,5,8,10,12-13,15H2,1H3,(H,21,24). The lowest BCUT2D eigenvalue weighted by atomic mass is 10.1. The van der Waals surface area contributed by atoms with Crippen LogP contribution in [0.15, 0.2) is 48.8 Å². The average Bonchev–Trinajstić information content (AvgIpc) is 3.14. The maximum Gasteiger partial charge on any atom is 0.224 e. The number of hydrogen-bond donors (Lipinski definition) is 1. The van der Waals surface area contributed by atoms with Gasteiger partial charge in [-0.05, 0) is 30.0 Å². The van der Waals surface area contributed by atoms with Crippen molar-refractivity contribution >= 4 is 11.8 Å². The normalized spacial score (nSPS) is 17.1. The molecule has 1 aliphatic heterocycles. The number of likely N-dealkylation sites (tertiary alicyclic amines) is 1. The zero-order chi connectivity index (χ0) is 17.6. The number of hydrogen-bond acceptors (Lipinski definition) is 2. The Labute approximate surface area is 148 Å². The van der Waals surface area contributed by atoms with Gasteiger partial charge < -0.3 is 14.8 Å². The van der Waals surface area contributed by atoms with Crippen LogP contribution in [0.1, 0.15) is 24.0 Å². The Kier molecular flexibility index (Phi) is 5.53. The number of nitrogens with zero attached hydrogens (tertiary/aromatic N) is 2. The molecule has 2 amide bonds. The molecule has 2 aromatic rings. The summed E-state index contributed by atoms with van der Waals surface area (Å²) >= 11 is 0. The van der Waals surface area contributed by atoms with Crippen molar-refractivity contribution in [3.63, 3.8) is 0 Å². The predicted molar refractivity (Wildman–Crippen MR) is 97.0 cm³/mol. The van der Waals surface area contributed by atoms with Crippen molar-refractivity contribution < 1.29 is 9.59 Å². The summed E-state index contributed by atoms with van der Waals surface area (Å²) < 4.78 is 1.93. The second-order valence-electron chi connectivity index (χ2n) is 6.76. The van der Waals surface area contributed by atoms with Crippen LogP contribution < -0.4 is 5.32 Å². The van der Waals surface area contributed by atoms with Crippen LogP contribution in [0, 0.1) is 0 Å². The number of nitrogens with one attached hydrogen (secondary N) is 1. The van der Waals surface area contributed by atoms with E-state index in [4.69, 9.17) is 0 Å². The molecule has 0 aliphatic carbocycles. The van der Waals surface area contributed by atoms with E-state index >= 15 is 0 Å². The average molecular weight is 339 g/mol. The highest BCUT2D eigenvalue weighted by Crippen LogP contribution is 2.13. The first-order valence-corrected chi connectivity index (χ1v) is 8.82. The zero-order valence-corrected chi connectivity index (χ0v) is 14.6. The number of carbonyl (C=O) groups excluding carboxylic acids is 2. The molecular formula is C20H25N3O2. The van der Waals surface area contributed by atoms with Crippen molar-refractivity contribution in [1.29, 1.82) is 0 Å². The van der Waals surface area contributed by atoms with Crippen molar-refractivity contribution in [3.8, 4) is 0 Å². The van der Waals surface area contributed by atoms with E-state index in [1.807, 2.05) is 53.2 Å². The smallest absolute Gasteiger partial charge is 0.224 e. The summed E-state index contributed by atoms with van der Waals surface area (Å²) in [6.07, 6.45) is 6.55. The SMILES string of the molecule is Cn1ccc(CC(=O)NC2CC(=O)N(CCCc3ccccc3)C2)c1. The second kappa shape index (κ2) is 8.01. The molecule has 1 aliphatic rings. The van der Waals surface area contributed by atoms with E-state index in [1.165, 1.54) is 5.56 Å². The molecule has 132 valence electrons. The van der Waals surface area contributed by atoms with E-state index in [0.29, 0.717) is 19.4 Å². The lowest BCUT2D eigenvalue weighted by molar-refractivity contribution is -0.127. The van der Waals surface area contributed by atoms with E-state index < -0.39 is 0 Å². The molecule has 25 heavy (non-hydrogen) atoms. The van der Waals surface area contributed by atoms with Crippen LogP contribution in [0.4, 0.5) is 0 Å². The Balaban J connectivity index is 1.41. The zero-order valence-electron chi connectivity index (χ0n) is 14.6. The molecule has 5 nitrogen and oxygen atoms in total. The molecule has 5 heteroatoms. The highest BCUT2D eigenvalue weighted by Gasteiger charge is 2.30. The predicted octanol–water partition coefficient (Wildman–Crippen LogP) is 1.92. The maximum absolute atomic E-state index is 12.1. The van der Waals surface area contributed by atoms with Gasteiger partial charge >= 0.3 is 0 Å². The van der Waals surface area contributed by atoms with Gasteiger partial charge in [0.1, 0.15) is 0 Å². The molecule has 1 atom stereocenters. The molecule has 0 bridgehead atoms.